The SMILES string of the molecule is O=C(Nc1ncc(Br)s1)NS(=O)(=O)c1cc(F)cc(F)c1. The van der Waals surface area contributed by atoms with Crippen LogP contribution in [-0.4, -0.2) is 19.4 Å². The average Bonchev–Trinajstić information content (AvgIpc) is 2.72. The second-order valence-corrected chi connectivity index (χ2v) is 7.73. The molecule has 2 N–H and O–H groups in total. The molecule has 0 aliphatic heterocycles. The van der Waals surface area contributed by atoms with Gasteiger partial charge >= 0.3 is 6.03 Å². The molecule has 0 radical (unpaired) electrons. The Bertz CT molecular complexity index is 774. The molecule has 0 spiro atoms. The molecule has 1 aromatic heterocycles. The van der Waals surface area contributed by atoms with Crippen molar-refractivity contribution in [3.8, 4) is 0 Å². The highest BCUT2D eigenvalue weighted by Crippen LogP contribution is 2.23. The Morgan fingerprint density at radius 2 is 1.86 bits per heavy atom. The molecule has 21 heavy (non-hydrogen) atoms. The van der Waals surface area contributed by atoms with Crippen molar-refractivity contribution in [2.45, 2.75) is 4.90 Å². The molecule has 2 aromatic rings. The van der Waals surface area contributed by atoms with E-state index in [1.807, 2.05) is 0 Å². The van der Waals surface area contributed by atoms with Crippen LogP contribution < -0.4 is 10.0 Å². The molecule has 1 heterocycles. The average molecular weight is 398 g/mol. The molecule has 11 heteroatoms. The number of benzene rings is 1. The molecule has 0 saturated heterocycles. The maximum Gasteiger partial charge on any atom is 0.334 e. The molecular formula is C10H6BrF2N3O3S2. The van der Waals surface area contributed by atoms with E-state index in [1.54, 1.807) is 4.72 Å². The third kappa shape index (κ3) is 4.19. The predicted octanol–water partition coefficient (Wildman–Crippen LogP) is 2.69. The van der Waals surface area contributed by atoms with Crippen molar-refractivity contribution in [3.05, 3.63) is 39.8 Å². The number of nitrogens with zero attached hydrogens (tertiary/aromatic N) is 1. The molecule has 0 unspecified atom stereocenters. The molecule has 0 atom stereocenters. The molecule has 0 fully saturated rings. The van der Waals surface area contributed by atoms with Gasteiger partial charge in [-0.05, 0) is 28.1 Å². The van der Waals surface area contributed by atoms with Crippen LogP contribution in [0.5, 0.6) is 0 Å². The summed E-state index contributed by atoms with van der Waals surface area (Å²) in [5.74, 6) is -2.14. The lowest BCUT2D eigenvalue weighted by Gasteiger charge is -2.07. The number of urea groups is 1. The fourth-order valence-corrected chi connectivity index (χ4v) is 3.35. The summed E-state index contributed by atoms with van der Waals surface area (Å²) in [5.41, 5.74) is 0. The van der Waals surface area contributed by atoms with Crippen LogP contribution in [0, 0.1) is 11.6 Å². The van der Waals surface area contributed by atoms with Crippen molar-refractivity contribution >= 4 is 48.5 Å². The zero-order valence-corrected chi connectivity index (χ0v) is 13.2. The van der Waals surface area contributed by atoms with Crippen LogP contribution in [0.2, 0.25) is 0 Å². The summed E-state index contributed by atoms with van der Waals surface area (Å²) in [4.78, 5) is 14.6. The summed E-state index contributed by atoms with van der Waals surface area (Å²) in [6.45, 7) is 0. The zero-order valence-electron chi connectivity index (χ0n) is 9.93. The molecule has 2 rings (SSSR count). The van der Waals surface area contributed by atoms with Gasteiger partial charge in [0.05, 0.1) is 14.9 Å². The van der Waals surface area contributed by atoms with E-state index in [0.717, 1.165) is 11.3 Å². The van der Waals surface area contributed by atoms with Crippen molar-refractivity contribution in [3.63, 3.8) is 0 Å². The van der Waals surface area contributed by atoms with Gasteiger partial charge in [-0.2, -0.15) is 0 Å². The van der Waals surface area contributed by atoms with Crippen molar-refractivity contribution in [1.82, 2.24) is 9.71 Å². The predicted molar refractivity (Wildman–Crippen MR) is 75.5 cm³/mol. The topological polar surface area (TPSA) is 88.2 Å². The standard InChI is InChI=1S/C10H6BrF2N3O3S2/c11-8-4-14-10(20-8)15-9(17)16-21(18,19)7-2-5(12)1-6(13)3-7/h1-4H,(H2,14,15,16,17). The lowest BCUT2D eigenvalue weighted by atomic mass is 10.3. The second-order valence-electron chi connectivity index (χ2n) is 3.63. The van der Waals surface area contributed by atoms with Crippen LogP contribution in [0.15, 0.2) is 33.1 Å². The van der Waals surface area contributed by atoms with Gasteiger partial charge in [0.15, 0.2) is 5.13 Å². The van der Waals surface area contributed by atoms with Gasteiger partial charge in [0.2, 0.25) is 0 Å². The summed E-state index contributed by atoms with van der Waals surface area (Å²) >= 11 is 4.18. The van der Waals surface area contributed by atoms with Gasteiger partial charge < -0.3 is 0 Å². The first kappa shape index (κ1) is 15.8. The van der Waals surface area contributed by atoms with Crippen LogP contribution in [0.25, 0.3) is 0 Å². The van der Waals surface area contributed by atoms with Gasteiger partial charge in [0.25, 0.3) is 10.0 Å². The Morgan fingerprint density at radius 1 is 1.24 bits per heavy atom. The Hall–Kier alpha value is -1.59. The van der Waals surface area contributed by atoms with Crippen LogP contribution in [-0.2, 0) is 10.0 Å². The third-order valence-electron chi connectivity index (χ3n) is 2.07. The normalized spacial score (nSPS) is 11.2. The number of carbonyl (C=O) groups is 1. The molecular weight excluding hydrogens is 392 g/mol. The monoisotopic (exact) mass is 397 g/mol. The molecule has 6 nitrogen and oxygen atoms in total. The molecule has 1 aromatic carbocycles. The highest BCUT2D eigenvalue weighted by molar-refractivity contribution is 9.11. The van der Waals surface area contributed by atoms with Crippen molar-refractivity contribution in [2.24, 2.45) is 0 Å². The Labute approximate surface area is 130 Å². The first-order chi connectivity index (χ1) is 9.76. The van der Waals surface area contributed by atoms with Gasteiger partial charge in [0.1, 0.15) is 11.6 Å². The largest absolute Gasteiger partial charge is 0.334 e. The van der Waals surface area contributed by atoms with E-state index in [4.69, 9.17) is 0 Å². The number of sulfonamides is 1. The van der Waals surface area contributed by atoms with E-state index in [0.29, 0.717) is 22.0 Å². The fourth-order valence-electron chi connectivity index (χ4n) is 1.30. The minimum Gasteiger partial charge on any atom is -0.283 e. The summed E-state index contributed by atoms with van der Waals surface area (Å²) in [6.07, 6.45) is 1.41. The Kier molecular flexibility index (Phi) is 4.54. The molecule has 0 aliphatic rings. The summed E-state index contributed by atoms with van der Waals surface area (Å²) in [7, 11) is -4.39. The van der Waals surface area contributed by atoms with E-state index in [2.05, 4.69) is 26.2 Å². The van der Waals surface area contributed by atoms with Crippen LogP contribution >= 0.6 is 27.3 Å². The number of aromatic nitrogens is 1. The number of halogens is 3. The number of nitrogens with one attached hydrogen (secondary N) is 2. The smallest absolute Gasteiger partial charge is 0.283 e. The molecule has 112 valence electrons. The van der Waals surface area contributed by atoms with Crippen LogP contribution in [0.3, 0.4) is 0 Å². The van der Waals surface area contributed by atoms with Gasteiger partial charge in [-0.15, -0.1) is 0 Å². The van der Waals surface area contributed by atoms with E-state index in [-0.39, 0.29) is 5.13 Å². The molecule has 2 amide bonds. The summed E-state index contributed by atoms with van der Waals surface area (Å²) < 4.78 is 51.9. The zero-order chi connectivity index (χ0) is 15.6. The molecule has 0 saturated carbocycles. The summed E-state index contributed by atoms with van der Waals surface area (Å²) in [6, 6.07) is 0.616. The van der Waals surface area contributed by atoms with Crippen molar-refractivity contribution < 1.29 is 22.0 Å². The second kappa shape index (κ2) is 6.03. The van der Waals surface area contributed by atoms with E-state index < -0.39 is 32.6 Å². The Balaban J connectivity index is 2.15. The minimum atomic E-state index is -4.39. The van der Waals surface area contributed by atoms with Gasteiger partial charge in [-0.1, -0.05) is 11.3 Å². The Morgan fingerprint density at radius 3 is 2.38 bits per heavy atom. The number of rotatable bonds is 3. The van der Waals surface area contributed by atoms with Crippen LogP contribution in [0.4, 0.5) is 18.7 Å². The summed E-state index contributed by atoms with van der Waals surface area (Å²) in [5, 5.41) is 2.33. The van der Waals surface area contributed by atoms with E-state index >= 15 is 0 Å². The molecule has 0 aliphatic carbocycles. The van der Waals surface area contributed by atoms with Gasteiger partial charge in [0, 0.05) is 6.07 Å². The number of thiazole rings is 1. The van der Waals surface area contributed by atoms with Gasteiger partial charge in [-0.25, -0.2) is 31.7 Å². The maximum absolute atomic E-state index is 13.0. The van der Waals surface area contributed by atoms with E-state index in [1.165, 1.54) is 6.20 Å². The number of amides is 2. The highest BCUT2D eigenvalue weighted by atomic mass is 79.9. The lowest BCUT2D eigenvalue weighted by Crippen LogP contribution is -2.34. The quantitative estimate of drug-likeness (QED) is 0.833. The lowest BCUT2D eigenvalue weighted by molar-refractivity contribution is 0.256. The number of hydrogen-bond acceptors (Lipinski definition) is 5. The van der Waals surface area contributed by atoms with Crippen molar-refractivity contribution in [1.29, 1.82) is 0 Å². The fraction of sp³-hybridized carbons (Fsp3) is 0. The van der Waals surface area contributed by atoms with Crippen LogP contribution in [0.1, 0.15) is 0 Å². The van der Waals surface area contributed by atoms with Gasteiger partial charge in [-0.3, -0.25) is 5.32 Å². The maximum atomic E-state index is 13.0. The highest BCUT2D eigenvalue weighted by Gasteiger charge is 2.20. The first-order valence-electron chi connectivity index (χ1n) is 5.17. The minimum absolute atomic E-state index is 0.153. The number of carbonyl (C=O) groups excluding carboxylic acids is 1. The molecule has 0 bridgehead atoms. The van der Waals surface area contributed by atoms with E-state index in [9.17, 15) is 22.0 Å². The third-order valence-corrected chi connectivity index (χ3v) is 4.77. The number of hydrogen-bond donors (Lipinski definition) is 2. The van der Waals surface area contributed by atoms with Crippen molar-refractivity contribution in [2.75, 3.05) is 5.32 Å². The first-order valence-corrected chi connectivity index (χ1v) is 8.27. The number of anilines is 1.